The molecule has 0 saturated heterocycles. The van der Waals surface area contributed by atoms with E-state index in [0.717, 1.165) is 6.29 Å². The summed E-state index contributed by atoms with van der Waals surface area (Å²) in [7, 11) is 0. The van der Waals surface area contributed by atoms with Crippen LogP contribution in [0.25, 0.3) is 0 Å². The summed E-state index contributed by atoms with van der Waals surface area (Å²) in [6.07, 6.45) is 1.64. The van der Waals surface area contributed by atoms with Crippen molar-refractivity contribution in [2.24, 2.45) is 0 Å². The Hall–Kier alpha value is -1.37. The molecule has 1 unspecified atom stereocenters. The fourth-order valence-corrected chi connectivity index (χ4v) is 4.00. The molecular weight excluding hydrogens is 275 g/mol. The van der Waals surface area contributed by atoms with Crippen LogP contribution in [-0.4, -0.2) is 21.2 Å². The van der Waals surface area contributed by atoms with E-state index in [1.165, 1.54) is 10.0 Å². The summed E-state index contributed by atoms with van der Waals surface area (Å²) in [5.41, 5.74) is 1.27. The maximum absolute atomic E-state index is 10.8. The molecule has 0 bridgehead atoms. The van der Waals surface area contributed by atoms with Gasteiger partial charge in [-0.3, -0.25) is 0 Å². The van der Waals surface area contributed by atoms with Crippen LogP contribution in [0.4, 0.5) is 0 Å². The Morgan fingerprint density at radius 3 is 2.12 bits per heavy atom. The molecule has 1 nitrogen and oxygen atoms in total. The number of benzene rings is 2. The molecule has 0 aliphatic rings. The second kappa shape index (κ2) is 6.39. The molecular formula is C15H14OSe. The Labute approximate surface area is 108 Å². The molecule has 0 N–H and O–H groups in total. The maximum atomic E-state index is 10.8. The Kier molecular flexibility index (Phi) is 4.54. The van der Waals surface area contributed by atoms with Gasteiger partial charge in [0.25, 0.3) is 0 Å². The monoisotopic (exact) mass is 290 g/mol. The summed E-state index contributed by atoms with van der Waals surface area (Å²) in [5.74, 6) is 0. The Morgan fingerprint density at radius 1 is 0.941 bits per heavy atom. The van der Waals surface area contributed by atoms with Crippen LogP contribution in [0.1, 0.15) is 16.8 Å². The second-order valence-electron chi connectivity index (χ2n) is 3.73. The molecule has 0 spiro atoms. The van der Waals surface area contributed by atoms with E-state index in [9.17, 15) is 4.79 Å². The van der Waals surface area contributed by atoms with Crippen LogP contribution in [0.2, 0.25) is 0 Å². The topological polar surface area (TPSA) is 17.1 Å². The van der Waals surface area contributed by atoms with Crippen LogP contribution in [-0.2, 0) is 4.79 Å². The zero-order valence-electron chi connectivity index (χ0n) is 9.45. The first kappa shape index (κ1) is 12.1. The van der Waals surface area contributed by atoms with Gasteiger partial charge in [-0.1, -0.05) is 0 Å². The molecule has 0 saturated carbocycles. The molecule has 17 heavy (non-hydrogen) atoms. The van der Waals surface area contributed by atoms with Crippen molar-refractivity contribution in [2.45, 2.75) is 11.2 Å². The van der Waals surface area contributed by atoms with Gasteiger partial charge in [-0.15, -0.1) is 0 Å². The van der Waals surface area contributed by atoms with E-state index in [0.29, 0.717) is 26.2 Å². The molecule has 0 amide bonds. The molecule has 0 aliphatic carbocycles. The Bertz CT molecular complexity index is 453. The zero-order chi connectivity index (χ0) is 11.9. The number of hydrogen-bond donors (Lipinski definition) is 0. The molecule has 2 heteroatoms. The van der Waals surface area contributed by atoms with Crippen LogP contribution >= 0.6 is 0 Å². The van der Waals surface area contributed by atoms with E-state index in [1.54, 1.807) is 0 Å². The fraction of sp³-hybridized carbons (Fsp3) is 0.133. The standard InChI is InChI=1S/C15H14OSe/c16-12-11-15(13-7-3-1-4-8-13)17-14-9-5-2-6-10-14/h1-10,12,15H,11H2. The van der Waals surface area contributed by atoms with Gasteiger partial charge in [0.15, 0.2) is 0 Å². The summed E-state index contributed by atoms with van der Waals surface area (Å²) in [5, 5.41) is 0. The van der Waals surface area contributed by atoms with Gasteiger partial charge in [-0.05, 0) is 0 Å². The van der Waals surface area contributed by atoms with Crippen molar-refractivity contribution < 1.29 is 4.79 Å². The quantitative estimate of drug-likeness (QED) is 0.610. The van der Waals surface area contributed by atoms with Gasteiger partial charge >= 0.3 is 108 Å². The van der Waals surface area contributed by atoms with Crippen LogP contribution in [0, 0.1) is 0 Å². The molecule has 0 heterocycles. The van der Waals surface area contributed by atoms with Gasteiger partial charge in [-0.2, -0.15) is 0 Å². The number of aldehydes is 1. The van der Waals surface area contributed by atoms with Gasteiger partial charge in [0.1, 0.15) is 0 Å². The van der Waals surface area contributed by atoms with Crippen molar-refractivity contribution >= 4 is 25.7 Å². The van der Waals surface area contributed by atoms with Crippen LogP contribution in [0.15, 0.2) is 60.7 Å². The third kappa shape index (κ3) is 3.55. The summed E-state index contributed by atoms with van der Waals surface area (Å²) < 4.78 is 1.34. The summed E-state index contributed by atoms with van der Waals surface area (Å²) in [6, 6.07) is 20.7. The van der Waals surface area contributed by atoms with Crippen LogP contribution < -0.4 is 4.46 Å². The average Bonchev–Trinajstić information content (AvgIpc) is 2.40. The summed E-state index contributed by atoms with van der Waals surface area (Å²) in [4.78, 5) is 11.1. The van der Waals surface area contributed by atoms with Crippen molar-refractivity contribution in [2.75, 3.05) is 0 Å². The van der Waals surface area contributed by atoms with E-state index in [4.69, 9.17) is 0 Å². The van der Waals surface area contributed by atoms with Gasteiger partial charge < -0.3 is 0 Å². The number of carbonyl (C=O) groups is 1. The molecule has 0 aliphatic heterocycles. The first-order valence-corrected chi connectivity index (χ1v) is 7.45. The number of rotatable bonds is 5. The molecule has 1 atom stereocenters. The minimum atomic E-state index is 0.309. The predicted octanol–water partition coefficient (Wildman–Crippen LogP) is 2.35. The molecule has 0 radical (unpaired) electrons. The molecule has 0 aromatic heterocycles. The van der Waals surface area contributed by atoms with Crippen molar-refractivity contribution in [3.05, 3.63) is 66.2 Å². The zero-order valence-corrected chi connectivity index (χ0v) is 11.2. The van der Waals surface area contributed by atoms with Gasteiger partial charge in [0.05, 0.1) is 0 Å². The van der Waals surface area contributed by atoms with E-state index >= 15 is 0 Å². The third-order valence-electron chi connectivity index (χ3n) is 2.50. The molecule has 2 rings (SSSR count). The van der Waals surface area contributed by atoms with Crippen molar-refractivity contribution in [3.8, 4) is 0 Å². The minimum absolute atomic E-state index is 0.309. The predicted molar refractivity (Wildman–Crippen MR) is 71.7 cm³/mol. The fourth-order valence-electron chi connectivity index (χ4n) is 1.67. The third-order valence-corrected chi connectivity index (χ3v) is 5.22. The van der Waals surface area contributed by atoms with Crippen molar-refractivity contribution in [3.63, 3.8) is 0 Å². The van der Waals surface area contributed by atoms with E-state index in [1.807, 2.05) is 24.3 Å². The summed E-state index contributed by atoms with van der Waals surface area (Å²) >= 11 is 0.309. The first-order valence-electron chi connectivity index (χ1n) is 5.60. The SMILES string of the molecule is O=CCC([Se]c1ccccc1)c1ccccc1. The van der Waals surface area contributed by atoms with Gasteiger partial charge in [0, 0.05) is 0 Å². The van der Waals surface area contributed by atoms with Crippen LogP contribution in [0.3, 0.4) is 0 Å². The number of hydrogen-bond acceptors (Lipinski definition) is 1. The molecule has 0 fully saturated rings. The van der Waals surface area contributed by atoms with E-state index in [-0.39, 0.29) is 0 Å². The van der Waals surface area contributed by atoms with E-state index < -0.39 is 0 Å². The second-order valence-corrected chi connectivity index (χ2v) is 6.41. The molecule has 2 aromatic carbocycles. The Balaban J connectivity index is 2.16. The van der Waals surface area contributed by atoms with Crippen molar-refractivity contribution in [1.29, 1.82) is 0 Å². The van der Waals surface area contributed by atoms with Gasteiger partial charge in [0.2, 0.25) is 0 Å². The van der Waals surface area contributed by atoms with E-state index in [2.05, 4.69) is 36.4 Å². The average molecular weight is 289 g/mol. The molecule has 86 valence electrons. The Morgan fingerprint density at radius 2 is 1.53 bits per heavy atom. The summed E-state index contributed by atoms with van der Waals surface area (Å²) in [6.45, 7) is 0. The normalized spacial score (nSPS) is 12.0. The van der Waals surface area contributed by atoms with Gasteiger partial charge in [-0.25, -0.2) is 0 Å². The molecule has 2 aromatic rings. The van der Waals surface area contributed by atoms with Crippen LogP contribution in [0.5, 0.6) is 0 Å². The van der Waals surface area contributed by atoms with Crippen molar-refractivity contribution in [1.82, 2.24) is 0 Å². The number of carbonyl (C=O) groups excluding carboxylic acids is 1. The first-order chi connectivity index (χ1) is 8.40.